The first-order chi connectivity index (χ1) is 14.2. The molecule has 0 aliphatic rings. The average molecular weight is 387 g/mol. The molecule has 3 heterocycles. The Balaban J connectivity index is 1.83. The molecule has 0 atom stereocenters. The Morgan fingerprint density at radius 3 is 2.34 bits per heavy atom. The second-order valence-electron chi connectivity index (χ2n) is 6.35. The Morgan fingerprint density at radius 1 is 0.793 bits per heavy atom. The number of benzene rings is 1. The highest BCUT2D eigenvalue weighted by atomic mass is 16.5. The fourth-order valence-electron chi connectivity index (χ4n) is 3.11. The van der Waals surface area contributed by atoms with E-state index in [1.54, 1.807) is 26.6 Å². The van der Waals surface area contributed by atoms with Crippen molar-refractivity contribution < 1.29 is 14.2 Å². The quantitative estimate of drug-likeness (QED) is 0.460. The molecule has 3 aromatic heterocycles. The van der Waals surface area contributed by atoms with Crippen LogP contribution in [-0.4, -0.2) is 29.2 Å². The van der Waals surface area contributed by atoms with Gasteiger partial charge in [0.2, 0.25) is 0 Å². The van der Waals surface area contributed by atoms with Crippen LogP contribution in [0, 0.1) is 0 Å². The molecule has 0 saturated carbocycles. The minimum absolute atomic E-state index is 0.613. The number of aryl methyl sites for hydroxylation is 1. The molecule has 4 aromatic rings. The minimum atomic E-state index is 0.613. The van der Waals surface area contributed by atoms with Crippen LogP contribution < -0.4 is 14.2 Å². The van der Waals surface area contributed by atoms with Gasteiger partial charge in [0.15, 0.2) is 17.2 Å². The second-order valence-corrected chi connectivity index (χ2v) is 6.35. The van der Waals surface area contributed by atoms with E-state index in [-0.39, 0.29) is 0 Å². The number of hydrogen-bond acceptors (Lipinski definition) is 6. The van der Waals surface area contributed by atoms with E-state index < -0.39 is 0 Å². The second kappa shape index (κ2) is 8.14. The molecule has 1 aromatic carbocycles. The number of fused-ring (bicyclic) bond motifs is 1. The van der Waals surface area contributed by atoms with Crippen molar-refractivity contribution in [1.82, 2.24) is 15.0 Å². The maximum atomic E-state index is 6.31. The van der Waals surface area contributed by atoms with Crippen LogP contribution in [0.2, 0.25) is 0 Å². The highest BCUT2D eigenvalue weighted by Crippen LogP contribution is 2.38. The zero-order chi connectivity index (χ0) is 20.2. The summed E-state index contributed by atoms with van der Waals surface area (Å²) < 4.78 is 17.1. The molecule has 0 unspecified atom stereocenters. The first kappa shape index (κ1) is 18.7. The number of methoxy groups -OCH3 is 2. The summed E-state index contributed by atoms with van der Waals surface area (Å²) in [6.07, 6.45) is 4.28. The van der Waals surface area contributed by atoms with Crippen molar-refractivity contribution in [3.05, 3.63) is 66.6 Å². The van der Waals surface area contributed by atoms with Crippen LogP contribution in [-0.2, 0) is 6.42 Å². The molecule has 0 fully saturated rings. The van der Waals surface area contributed by atoms with Crippen LogP contribution in [0.5, 0.6) is 23.0 Å². The Bertz CT molecular complexity index is 1150. The lowest BCUT2D eigenvalue weighted by molar-refractivity contribution is 0.355. The largest absolute Gasteiger partial charge is 0.493 e. The van der Waals surface area contributed by atoms with Crippen molar-refractivity contribution in [3.63, 3.8) is 0 Å². The Labute approximate surface area is 169 Å². The zero-order valence-electron chi connectivity index (χ0n) is 16.5. The standard InChI is InChI=1S/C23H21N3O3/c1-4-15-8-9-20(23(26-15)17-7-5-6-11-24-17)29-19-10-12-25-18-14-22(28-3)21(27-2)13-16(18)19/h5-14H,4H2,1-3H3. The number of hydrogen-bond donors (Lipinski definition) is 0. The number of nitrogens with zero attached hydrogens (tertiary/aromatic N) is 3. The fourth-order valence-corrected chi connectivity index (χ4v) is 3.11. The average Bonchev–Trinajstić information content (AvgIpc) is 2.79. The number of rotatable bonds is 6. The third kappa shape index (κ3) is 3.69. The highest BCUT2D eigenvalue weighted by Gasteiger charge is 2.15. The minimum Gasteiger partial charge on any atom is -0.493 e. The van der Waals surface area contributed by atoms with Gasteiger partial charge >= 0.3 is 0 Å². The van der Waals surface area contributed by atoms with Gasteiger partial charge in [-0.25, -0.2) is 4.98 Å². The van der Waals surface area contributed by atoms with Gasteiger partial charge in [-0.2, -0.15) is 0 Å². The first-order valence-corrected chi connectivity index (χ1v) is 9.33. The molecule has 0 spiro atoms. The normalized spacial score (nSPS) is 10.7. The molecule has 6 nitrogen and oxygen atoms in total. The van der Waals surface area contributed by atoms with Gasteiger partial charge in [0.25, 0.3) is 0 Å². The third-order valence-electron chi connectivity index (χ3n) is 4.61. The van der Waals surface area contributed by atoms with Crippen molar-refractivity contribution in [3.8, 4) is 34.4 Å². The molecule has 0 N–H and O–H groups in total. The Kier molecular flexibility index (Phi) is 5.24. The number of ether oxygens (including phenoxy) is 3. The van der Waals surface area contributed by atoms with Crippen molar-refractivity contribution in [2.24, 2.45) is 0 Å². The Morgan fingerprint density at radius 2 is 1.62 bits per heavy atom. The fraction of sp³-hybridized carbons (Fsp3) is 0.174. The molecule has 29 heavy (non-hydrogen) atoms. The van der Waals surface area contributed by atoms with Crippen LogP contribution in [0.25, 0.3) is 22.3 Å². The predicted molar refractivity (Wildman–Crippen MR) is 112 cm³/mol. The Hall–Kier alpha value is -3.67. The molecule has 0 aliphatic heterocycles. The summed E-state index contributed by atoms with van der Waals surface area (Å²) in [5, 5.41) is 0.816. The van der Waals surface area contributed by atoms with E-state index in [1.807, 2.05) is 48.5 Å². The van der Waals surface area contributed by atoms with E-state index in [1.165, 1.54) is 0 Å². The van der Waals surface area contributed by atoms with E-state index in [0.29, 0.717) is 28.7 Å². The van der Waals surface area contributed by atoms with Crippen molar-refractivity contribution in [1.29, 1.82) is 0 Å². The maximum absolute atomic E-state index is 6.31. The third-order valence-corrected chi connectivity index (χ3v) is 4.61. The first-order valence-electron chi connectivity index (χ1n) is 9.33. The molecule has 0 amide bonds. The van der Waals surface area contributed by atoms with Crippen molar-refractivity contribution in [2.75, 3.05) is 14.2 Å². The van der Waals surface area contributed by atoms with Crippen LogP contribution in [0.3, 0.4) is 0 Å². The van der Waals surface area contributed by atoms with Gasteiger partial charge in [0, 0.05) is 29.5 Å². The topological polar surface area (TPSA) is 66.4 Å². The lowest BCUT2D eigenvalue weighted by Gasteiger charge is -2.14. The smallest absolute Gasteiger partial charge is 0.162 e. The van der Waals surface area contributed by atoms with E-state index in [2.05, 4.69) is 16.9 Å². The van der Waals surface area contributed by atoms with Gasteiger partial charge in [0.05, 0.1) is 25.4 Å². The maximum Gasteiger partial charge on any atom is 0.162 e. The van der Waals surface area contributed by atoms with Gasteiger partial charge in [-0.3, -0.25) is 9.97 Å². The van der Waals surface area contributed by atoms with Crippen LogP contribution in [0.15, 0.2) is 60.9 Å². The van der Waals surface area contributed by atoms with Gasteiger partial charge in [-0.1, -0.05) is 13.0 Å². The number of pyridine rings is 3. The molecule has 0 radical (unpaired) electrons. The summed E-state index contributed by atoms with van der Waals surface area (Å²) in [6.45, 7) is 2.07. The summed E-state index contributed by atoms with van der Waals surface area (Å²) in [4.78, 5) is 13.6. The lowest BCUT2D eigenvalue weighted by atomic mass is 10.1. The summed E-state index contributed by atoms with van der Waals surface area (Å²) in [7, 11) is 3.21. The zero-order valence-corrected chi connectivity index (χ0v) is 16.5. The van der Waals surface area contributed by atoms with E-state index in [0.717, 1.165) is 28.7 Å². The van der Waals surface area contributed by atoms with E-state index in [9.17, 15) is 0 Å². The molecule has 146 valence electrons. The molecule has 0 saturated heterocycles. The molecule has 0 aliphatic carbocycles. The number of aromatic nitrogens is 3. The highest BCUT2D eigenvalue weighted by molar-refractivity contribution is 5.88. The lowest BCUT2D eigenvalue weighted by Crippen LogP contribution is -1.98. The van der Waals surface area contributed by atoms with Gasteiger partial charge in [-0.15, -0.1) is 0 Å². The summed E-state index contributed by atoms with van der Waals surface area (Å²) in [5.41, 5.74) is 3.19. The van der Waals surface area contributed by atoms with Crippen molar-refractivity contribution >= 4 is 10.9 Å². The monoisotopic (exact) mass is 387 g/mol. The summed E-state index contributed by atoms with van der Waals surface area (Å²) in [6, 6.07) is 15.2. The van der Waals surface area contributed by atoms with Gasteiger partial charge in [0.1, 0.15) is 11.4 Å². The van der Waals surface area contributed by atoms with Gasteiger partial charge in [-0.05, 0) is 42.8 Å². The van der Waals surface area contributed by atoms with Crippen LogP contribution >= 0.6 is 0 Å². The van der Waals surface area contributed by atoms with E-state index in [4.69, 9.17) is 19.2 Å². The molecular weight excluding hydrogens is 366 g/mol. The van der Waals surface area contributed by atoms with Gasteiger partial charge < -0.3 is 14.2 Å². The van der Waals surface area contributed by atoms with E-state index >= 15 is 0 Å². The molecule has 4 rings (SSSR count). The molecule has 0 bridgehead atoms. The molecule has 6 heteroatoms. The summed E-state index contributed by atoms with van der Waals surface area (Å²) >= 11 is 0. The van der Waals surface area contributed by atoms with Crippen LogP contribution in [0.4, 0.5) is 0 Å². The molecular formula is C23H21N3O3. The summed E-state index contributed by atoms with van der Waals surface area (Å²) in [5.74, 6) is 2.51. The van der Waals surface area contributed by atoms with Crippen LogP contribution in [0.1, 0.15) is 12.6 Å². The van der Waals surface area contributed by atoms with Crippen molar-refractivity contribution in [2.45, 2.75) is 13.3 Å². The SMILES string of the molecule is CCc1ccc(Oc2ccnc3cc(OC)c(OC)cc23)c(-c2ccccn2)n1. The predicted octanol–water partition coefficient (Wildman–Crippen LogP) is 5.06.